The minimum Gasteiger partial charge on any atom is -0.490 e. The van der Waals surface area contributed by atoms with Crippen LogP contribution in [0.4, 0.5) is 17.3 Å². The summed E-state index contributed by atoms with van der Waals surface area (Å²) in [4.78, 5) is 8.11. The van der Waals surface area contributed by atoms with Crippen LogP contribution in [-0.4, -0.2) is 25.8 Å². The van der Waals surface area contributed by atoms with Crippen LogP contribution in [-0.2, 0) is 0 Å². The maximum absolute atomic E-state index is 6.23. The Hall–Kier alpha value is -2.23. The fraction of sp³-hybridized carbons (Fsp3) is 0.0909. The number of anilines is 3. The van der Waals surface area contributed by atoms with Crippen LogP contribution < -0.4 is 21.3 Å². The summed E-state index contributed by atoms with van der Waals surface area (Å²) in [5, 5.41) is 3.59. The largest absolute Gasteiger partial charge is 0.490 e. The molecule has 0 aliphatic rings. The molecule has 1 aromatic carbocycles. The van der Waals surface area contributed by atoms with Crippen molar-refractivity contribution in [2.24, 2.45) is 5.84 Å². The van der Waals surface area contributed by atoms with Crippen molar-refractivity contribution in [2.75, 3.05) is 17.9 Å². The lowest BCUT2D eigenvalue weighted by Crippen LogP contribution is -2.11. The molecule has 2 aromatic heterocycles. The summed E-state index contributed by atoms with van der Waals surface area (Å²) in [6.45, 7) is 0. The molecule has 0 atom stereocenters. The molecular formula is C11H10ClN7OS. The molecule has 21 heavy (non-hydrogen) atoms. The van der Waals surface area contributed by atoms with Gasteiger partial charge >= 0.3 is 0 Å². The Balaban J connectivity index is 2.11. The zero-order chi connectivity index (χ0) is 14.8. The number of hydrazine groups is 1. The molecule has 10 heteroatoms. The van der Waals surface area contributed by atoms with E-state index in [0.717, 1.165) is 17.2 Å². The third kappa shape index (κ3) is 2.42. The predicted octanol–water partition coefficient (Wildman–Crippen LogP) is 2.17. The number of ether oxygens (including phenoxy) is 1. The molecule has 3 rings (SSSR count). The Morgan fingerprint density at radius 3 is 2.81 bits per heavy atom. The summed E-state index contributed by atoms with van der Waals surface area (Å²) in [6.07, 6.45) is 1.35. The fourth-order valence-electron chi connectivity index (χ4n) is 1.82. The van der Waals surface area contributed by atoms with Gasteiger partial charge in [0, 0.05) is 0 Å². The van der Waals surface area contributed by atoms with Crippen LogP contribution in [0.15, 0.2) is 18.5 Å². The zero-order valence-corrected chi connectivity index (χ0v) is 12.4. The molecule has 0 fully saturated rings. The van der Waals surface area contributed by atoms with Crippen molar-refractivity contribution in [3.8, 4) is 5.75 Å². The molecule has 4 N–H and O–H groups in total. The van der Waals surface area contributed by atoms with Crippen LogP contribution in [0.2, 0.25) is 5.02 Å². The number of aromatic nitrogens is 4. The SMILES string of the molecule is COc1c(NN)ncnc1Nc1c(Cl)ccc2nsnc12. The van der Waals surface area contributed by atoms with E-state index in [9.17, 15) is 0 Å². The first-order chi connectivity index (χ1) is 10.2. The minimum absolute atomic E-state index is 0.356. The lowest BCUT2D eigenvalue weighted by atomic mass is 10.2. The number of nitrogens with one attached hydrogen (secondary N) is 2. The molecule has 0 saturated carbocycles. The Kier molecular flexibility index (Phi) is 3.69. The van der Waals surface area contributed by atoms with E-state index in [1.165, 1.54) is 13.4 Å². The number of rotatable bonds is 4. The molecule has 0 saturated heterocycles. The highest BCUT2D eigenvalue weighted by Crippen LogP contribution is 2.36. The third-order valence-corrected chi connectivity index (χ3v) is 3.62. The predicted molar refractivity (Wildman–Crippen MR) is 82.1 cm³/mol. The van der Waals surface area contributed by atoms with E-state index in [1.807, 2.05) is 0 Å². The molecular weight excluding hydrogens is 314 g/mol. The first kappa shape index (κ1) is 13.7. The van der Waals surface area contributed by atoms with Gasteiger partial charge < -0.3 is 15.5 Å². The van der Waals surface area contributed by atoms with Crippen LogP contribution in [0.1, 0.15) is 0 Å². The molecule has 0 bridgehead atoms. The second-order valence-corrected chi connectivity index (χ2v) is 4.86. The molecule has 3 aromatic rings. The number of hydrogen-bond donors (Lipinski definition) is 3. The Morgan fingerprint density at radius 1 is 1.24 bits per heavy atom. The Labute approximate surface area is 128 Å². The highest BCUT2D eigenvalue weighted by Gasteiger charge is 2.16. The quantitative estimate of drug-likeness (QED) is 0.495. The number of fused-ring (bicyclic) bond motifs is 1. The fourth-order valence-corrected chi connectivity index (χ4v) is 2.57. The standard InChI is InChI=1S/C11H10ClN7OS/c1-20-9-10(14-4-15-11(9)17-13)16-7-5(12)2-3-6-8(7)19-21-18-6/h2-4H,13H2,1H3,(H2,14,15,16,17). The van der Waals surface area contributed by atoms with E-state index in [1.54, 1.807) is 12.1 Å². The highest BCUT2D eigenvalue weighted by atomic mass is 35.5. The maximum atomic E-state index is 6.23. The van der Waals surface area contributed by atoms with Gasteiger partial charge in [-0.1, -0.05) is 11.6 Å². The second-order valence-electron chi connectivity index (χ2n) is 3.93. The molecule has 0 aliphatic carbocycles. The van der Waals surface area contributed by atoms with Gasteiger partial charge in [-0.05, 0) is 12.1 Å². The summed E-state index contributed by atoms with van der Waals surface area (Å²) < 4.78 is 13.7. The average molecular weight is 324 g/mol. The van der Waals surface area contributed by atoms with E-state index in [2.05, 4.69) is 29.5 Å². The van der Waals surface area contributed by atoms with Gasteiger partial charge in [0.2, 0.25) is 5.75 Å². The van der Waals surface area contributed by atoms with E-state index in [0.29, 0.717) is 33.6 Å². The van der Waals surface area contributed by atoms with Gasteiger partial charge in [0.05, 0.1) is 29.5 Å². The van der Waals surface area contributed by atoms with Crippen molar-refractivity contribution in [1.82, 2.24) is 18.7 Å². The van der Waals surface area contributed by atoms with Gasteiger partial charge in [-0.15, -0.1) is 0 Å². The number of nitrogens with two attached hydrogens (primary N) is 1. The van der Waals surface area contributed by atoms with Crippen LogP contribution in [0.25, 0.3) is 11.0 Å². The topological polar surface area (TPSA) is 111 Å². The van der Waals surface area contributed by atoms with Crippen LogP contribution in [0, 0.1) is 0 Å². The number of nitrogen functional groups attached to an aromatic ring is 1. The number of methoxy groups -OCH3 is 1. The average Bonchev–Trinajstić information content (AvgIpc) is 2.98. The highest BCUT2D eigenvalue weighted by molar-refractivity contribution is 7.00. The van der Waals surface area contributed by atoms with Crippen LogP contribution in [0.5, 0.6) is 5.75 Å². The lowest BCUT2D eigenvalue weighted by molar-refractivity contribution is 0.415. The van der Waals surface area contributed by atoms with Gasteiger partial charge in [0.15, 0.2) is 11.6 Å². The number of nitrogens with zero attached hydrogens (tertiary/aromatic N) is 4. The van der Waals surface area contributed by atoms with Gasteiger partial charge in [-0.2, -0.15) is 8.75 Å². The second kappa shape index (κ2) is 5.64. The van der Waals surface area contributed by atoms with E-state index >= 15 is 0 Å². The molecule has 0 unspecified atom stereocenters. The van der Waals surface area contributed by atoms with Crippen molar-refractivity contribution >= 4 is 51.7 Å². The lowest BCUT2D eigenvalue weighted by Gasteiger charge is -2.13. The van der Waals surface area contributed by atoms with E-state index in [-0.39, 0.29) is 0 Å². The molecule has 2 heterocycles. The van der Waals surface area contributed by atoms with Crippen molar-refractivity contribution in [2.45, 2.75) is 0 Å². The Bertz CT molecular complexity index is 793. The number of halogens is 1. The Morgan fingerprint density at radius 2 is 2.05 bits per heavy atom. The third-order valence-electron chi connectivity index (χ3n) is 2.77. The van der Waals surface area contributed by atoms with Crippen LogP contribution >= 0.6 is 23.3 Å². The van der Waals surface area contributed by atoms with Gasteiger partial charge in [-0.3, -0.25) is 0 Å². The van der Waals surface area contributed by atoms with Gasteiger partial charge in [0.1, 0.15) is 17.4 Å². The van der Waals surface area contributed by atoms with Crippen molar-refractivity contribution in [3.05, 3.63) is 23.5 Å². The molecule has 0 radical (unpaired) electrons. The van der Waals surface area contributed by atoms with Crippen molar-refractivity contribution < 1.29 is 4.74 Å². The molecule has 0 amide bonds. The first-order valence-electron chi connectivity index (χ1n) is 5.78. The smallest absolute Gasteiger partial charge is 0.205 e. The number of benzene rings is 1. The molecule has 108 valence electrons. The van der Waals surface area contributed by atoms with E-state index in [4.69, 9.17) is 22.2 Å². The molecule has 0 aliphatic heterocycles. The van der Waals surface area contributed by atoms with Gasteiger partial charge in [-0.25, -0.2) is 15.8 Å². The van der Waals surface area contributed by atoms with Gasteiger partial charge in [0.25, 0.3) is 0 Å². The zero-order valence-electron chi connectivity index (χ0n) is 10.8. The van der Waals surface area contributed by atoms with E-state index < -0.39 is 0 Å². The molecule has 8 nitrogen and oxygen atoms in total. The number of hydrogen-bond acceptors (Lipinski definition) is 9. The van der Waals surface area contributed by atoms with Crippen LogP contribution in [0.3, 0.4) is 0 Å². The maximum Gasteiger partial charge on any atom is 0.205 e. The van der Waals surface area contributed by atoms with Crippen molar-refractivity contribution in [3.63, 3.8) is 0 Å². The first-order valence-corrected chi connectivity index (χ1v) is 6.88. The molecule has 0 spiro atoms. The summed E-state index contributed by atoms with van der Waals surface area (Å²) >= 11 is 7.34. The summed E-state index contributed by atoms with van der Waals surface area (Å²) in [6, 6.07) is 3.54. The summed E-state index contributed by atoms with van der Waals surface area (Å²) in [7, 11) is 1.50. The van der Waals surface area contributed by atoms with Crippen molar-refractivity contribution in [1.29, 1.82) is 0 Å². The minimum atomic E-state index is 0.356. The summed E-state index contributed by atoms with van der Waals surface area (Å²) in [5.74, 6) is 6.54. The normalized spacial score (nSPS) is 10.6. The summed E-state index contributed by atoms with van der Waals surface area (Å²) in [5.41, 5.74) is 4.45. The monoisotopic (exact) mass is 323 g/mol.